The lowest BCUT2D eigenvalue weighted by Gasteiger charge is -2.28. The molecule has 8 rings (SSSR count). The molecule has 1 heterocycles. The zero-order chi connectivity index (χ0) is 38.5. The minimum absolute atomic E-state index is 0.0738. The van der Waals surface area contributed by atoms with Crippen LogP contribution in [0.1, 0.15) is 77.6 Å². The van der Waals surface area contributed by atoms with Gasteiger partial charge < -0.3 is 9.47 Å². The molecule has 0 unspecified atom stereocenters. The summed E-state index contributed by atoms with van der Waals surface area (Å²) in [5.41, 5.74) is 14.7. The molecule has 7 aromatic carbocycles. The van der Waals surface area contributed by atoms with Gasteiger partial charge in [0.25, 0.3) is 0 Å². The molecule has 0 aliphatic carbocycles. The van der Waals surface area contributed by atoms with E-state index in [0.29, 0.717) is 0 Å². The third kappa shape index (κ3) is 6.87. The highest BCUT2D eigenvalue weighted by atomic mass is 15.1. The van der Waals surface area contributed by atoms with Crippen LogP contribution >= 0.6 is 0 Å². The quantitative estimate of drug-likeness (QED) is 0.159. The Morgan fingerprint density at radius 1 is 0.364 bits per heavy atom. The van der Waals surface area contributed by atoms with Gasteiger partial charge in [0.1, 0.15) is 0 Å². The molecule has 0 aliphatic heterocycles. The largest absolute Gasteiger partial charge is 0.310 e. The number of hydrogen-bond acceptors (Lipinski definition) is 1. The molecular formula is C53H52N2. The van der Waals surface area contributed by atoms with Gasteiger partial charge in [0.05, 0.1) is 11.0 Å². The van der Waals surface area contributed by atoms with Crippen LogP contribution in [-0.4, -0.2) is 4.57 Å². The molecule has 1 aromatic heterocycles. The van der Waals surface area contributed by atoms with Gasteiger partial charge in [-0.1, -0.05) is 159 Å². The standard InChI is InChI=1S/C53H52N2/c1-51(2,3)39-20-26-43(27-21-39)54(44-28-22-40(23-29-44)52(4,5)6)46-32-34-50-48(36-46)47-35-38(37-15-11-9-12-16-37)19-33-49(47)55(50)45-30-24-42(25-31-45)53(7,8)41-17-13-10-14-18-41/h9-36H,1-8H3. The minimum atomic E-state index is -0.111. The lowest BCUT2D eigenvalue weighted by Crippen LogP contribution is -2.18. The van der Waals surface area contributed by atoms with Crippen LogP contribution in [0.15, 0.2) is 170 Å². The number of rotatable bonds is 7. The summed E-state index contributed by atoms with van der Waals surface area (Å²) in [6.45, 7) is 18.3. The van der Waals surface area contributed by atoms with Gasteiger partial charge in [0, 0.05) is 38.9 Å². The van der Waals surface area contributed by atoms with Gasteiger partial charge in [-0.3, -0.25) is 0 Å². The highest BCUT2D eigenvalue weighted by Crippen LogP contribution is 2.42. The highest BCUT2D eigenvalue weighted by molar-refractivity contribution is 6.12. The molecule has 0 saturated carbocycles. The van der Waals surface area contributed by atoms with Crippen LogP contribution in [0.25, 0.3) is 38.6 Å². The van der Waals surface area contributed by atoms with E-state index in [1.807, 2.05) is 0 Å². The van der Waals surface area contributed by atoms with Crippen molar-refractivity contribution >= 4 is 38.9 Å². The van der Waals surface area contributed by atoms with Gasteiger partial charge in [-0.2, -0.15) is 0 Å². The molecule has 8 aromatic rings. The van der Waals surface area contributed by atoms with E-state index in [9.17, 15) is 0 Å². The first kappa shape index (κ1) is 36.1. The van der Waals surface area contributed by atoms with E-state index in [4.69, 9.17) is 0 Å². The fourth-order valence-corrected chi connectivity index (χ4v) is 7.96. The first-order chi connectivity index (χ1) is 26.3. The molecule has 55 heavy (non-hydrogen) atoms. The molecule has 0 N–H and O–H groups in total. The number of nitrogens with zero attached hydrogens (tertiary/aromatic N) is 2. The molecule has 0 bridgehead atoms. The van der Waals surface area contributed by atoms with Gasteiger partial charge in [0.2, 0.25) is 0 Å². The molecule has 0 amide bonds. The molecule has 0 atom stereocenters. The van der Waals surface area contributed by atoms with Crippen LogP contribution in [0.5, 0.6) is 0 Å². The maximum absolute atomic E-state index is 2.43. The van der Waals surface area contributed by atoms with Crippen LogP contribution in [0.2, 0.25) is 0 Å². The monoisotopic (exact) mass is 716 g/mol. The Bertz CT molecular complexity index is 2520. The average molecular weight is 717 g/mol. The smallest absolute Gasteiger partial charge is 0.0542 e. The molecule has 0 saturated heterocycles. The Kier molecular flexibility index (Phi) is 9.05. The third-order valence-corrected chi connectivity index (χ3v) is 11.4. The van der Waals surface area contributed by atoms with Crippen molar-refractivity contribution in [1.29, 1.82) is 0 Å². The lowest BCUT2D eigenvalue weighted by atomic mass is 9.78. The Morgan fingerprint density at radius 3 is 1.33 bits per heavy atom. The minimum Gasteiger partial charge on any atom is -0.310 e. The van der Waals surface area contributed by atoms with Gasteiger partial charge >= 0.3 is 0 Å². The van der Waals surface area contributed by atoms with Crippen molar-refractivity contribution < 1.29 is 0 Å². The average Bonchev–Trinajstić information content (AvgIpc) is 3.51. The summed E-state index contributed by atoms with van der Waals surface area (Å²) < 4.78 is 2.43. The van der Waals surface area contributed by atoms with Crippen LogP contribution < -0.4 is 4.90 Å². The van der Waals surface area contributed by atoms with E-state index in [1.165, 1.54) is 55.2 Å². The SMILES string of the molecule is CC(C)(C)c1ccc(N(c2ccc(C(C)(C)C)cc2)c2ccc3c(c2)c2cc(-c4ccccc4)ccc2n3-c2ccc(C(C)(C)c3ccccc3)cc2)cc1. The van der Waals surface area contributed by atoms with Gasteiger partial charge in [-0.05, 0) is 111 Å². The molecule has 2 heteroatoms. The van der Waals surface area contributed by atoms with Crippen LogP contribution in [0.4, 0.5) is 17.1 Å². The van der Waals surface area contributed by atoms with E-state index in [-0.39, 0.29) is 16.2 Å². The number of benzene rings is 7. The zero-order valence-electron chi connectivity index (χ0n) is 33.6. The van der Waals surface area contributed by atoms with Gasteiger partial charge in [-0.25, -0.2) is 0 Å². The molecule has 0 fully saturated rings. The van der Waals surface area contributed by atoms with Crippen molar-refractivity contribution in [1.82, 2.24) is 4.57 Å². The molecule has 2 nitrogen and oxygen atoms in total. The molecule has 0 radical (unpaired) electrons. The van der Waals surface area contributed by atoms with Gasteiger partial charge in [0.15, 0.2) is 0 Å². The Labute approximate surface area is 327 Å². The van der Waals surface area contributed by atoms with Crippen molar-refractivity contribution in [3.8, 4) is 16.8 Å². The predicted molar refractivity (Wildman–Crippen MR) is 237 cm³/mol. The van der Waals surface area contributed by atoms with E-state index in [2.05, 4.69) is 235 Å². The summed E-state index contributed by atoms with van der Waals surface area (Å²) in [5.74, 6) is 0. The first-order valence-corrected chi connectivity index (χ1v) is 19.6. The van der Waals surface area contributed by atoms with Crippen LogP contribution in [0.3, 0.4) is 0 Å². The number of hydrogen-bond donors (Lipinski definition) is 0. The van der Waals surface area contributed by atoms with E-state index >= 15 is 0 Å². The maximum Gasteiger partial charge on any atom is 0.0542 e. The number of fused-ring (bicyclic) bond motifs is 3. The Hall–Kier alpha value is -5.86. The van der Waals surface area contributed by atoms with Crippen molar-refractivity contribution in [2.75, 3.05) is 4.90 Å². The predicted octanol–water partition coefficient (Wildman–Crippen LogP) is 14.8. The van der Waals surface area contributed by atoms with Gasteiger partial charge in [-0.15, -0.1) is 0 Å². The molecule has 0 aliphatic rings. The number of aromatic nitrogens is 1. The first-order valence-electron chi connectivity index (χ1n) is 19.6. The number of anilines is 3. The second kappa shape index (κ2) is 13.8. The summed E-state index contributed by atoms with van der Waals surface area (Å²) in [5, 5.41) is 2.46. The van der Waals surface area contributed by atoms with Crippen LogP contribution in [0, 0.1) is 0 Å². The maximum atomic E-state index is 2.43. The Balaban J connectivity index is 1.31. The van der Waals surface area contributed by atoms with E-state index < -0.39 is 0 Å². The summed E-state index contributed by atoms with van der Waals surface area (Å²) in [6.07, 6.45) is 0. The van der Waals surface area contributed by atoms with E-state index in [1.54, 1.807) is 0 Å². The highest BCUT2D eigenvalue weighted by Gasteiger charge is 2.24. The normalized spacial score (nSPS) is 12.4. The van der Waals surface area contributed by atoms with Crippen molar-refractivity contribution in [3.63, 3.8) is 0 Å². The fraction of sp³-hybridized carbons (Fsp3) is 0.208. The van der Waals surface area contributed by atoms with Crippen molar-refractivity contribution in [2.24, 2.45) is 0 Å². The zero-order valence-corrected chi connectivity index (χ0v) is 33.6. The fourth-order valence-electron chi connectivity index (χ4n) is 7.96. The third-order valence-electron chi connectivity index (χ3n) is 11.4. The van der Waals surface area contributed by atoms with E-state index in [0.717, 1.165) is 22.7 Å². The topological polar surface area (TPSA) is 8.17 Å². The summed E-state index contributed by atoms with van der Waals surface area (Å²) in [7, 11) is 0. The van der Waals surface area contributed by atoms with Crippen molar-refractivity contribution in [2.45, 2.75) is 71.6 Å². The molecular weight excluding hydrogens is 665 g/mol. The second-order valence-corrected chi connectivity index (χ2v) is 17.6. The Morgan fingerprint density at radius 2 is 0.800 bits per heavy atom. The van der Waals surface area contributed by atoms with Crippen molar-refractivity contribution in [3.05, 3.63) is 192 Å². The summed E-state index contributed by atoms with van der Waals surface area (Å²) in [6, 6.07) is 62.9. The van der Waals surface area contributed by atoms with Crippen LogP contribution in [-0.2, 0) is 16.2 Å². The summed E-state index contributed by atoms with van der Waals surface area (Å²) >= 11 is 0. The molecule has 274 valence electrons. The molecule has 0 spiro atoms. The summed E-state index contributed by atoms with van der Waals surface area (Å²) in [4.78, 5) is 2.41. The second-order valence-electron chi connectivity index (χ2n) is 17.6. The lowest BCUT2D eigenvalue weighted by molar-refractivity contribution is 0.590.